The van der Waals surface area contributed by atoms with Crippen LogP contribution in [0.5, 0.6) is 0 Å². The normalized spacial score (nSPS) is 17.6. The summed E-state index contributed by atoms with van der Waals surface area (Å²) in [5, 5.41) is 0. The smallest absolute Gasteiger partial charge is 0.306 e. The summed E-state index contributed by atoms with van der Waals surface area (Å²) in [6, 6.07) is 0. The molecule has 2 nitrogen and oxygen atoms in total. The van der Waals surface area contributed by atoms with Crippen molar-refractivity contribution in [2.24, 2.45) is 11.8 Å². The number of esters is 1. The SMILES string of the molecule is CCC(CC)CCC(CC)OC(=O)CCC1CCCC1. The largest absolute Gasteiger partial charge is 0.462 e. The van der Waals surface area contributed by atoms with Crippen LogP contribution in [0.2, 0.25) is 0 Å². The molecule has 0 saturated heterocycles. The van der Waals surface area contributed by atoms with Gasteiger partial charge in [0.25, 0.3) is 0 Å². The summed E-state index contributed by atoms with van der Waals surface area (Å²) < 4.78 is 5.66. The van der Waals surface area contributed by atoms with Crippen molar-refractivity contribution in [2.75, 3.05) is 0 Å². The molecule has 1 unspecified atom stereocenters. The predicted molar refractivity (Wildman–Crippen MR) is 84.7 cm³/mol. The number of ether oxygens (including phenoxy) is 1. The number of rotatable bonds is 10. The molecule has 1 atom stereocenters. The van der Waals surface area contributed by atoms with E-state index in [0.29, 0.717) is 6.42 Å². The molecule has 0 heterocycles. The van der Waals surface area contributed by atoms with Gasteiger partial charge in [-0.1, -0.05) is 59.3 Å². The lowest BCUT2D eigenvalue weighted by Gasteiger charge is -2.19. The van der Waals surface area contributed by atoms with E-state index >= 15 is 0 Å². The van der Waals surface area contributed by atoms with Crippen molar-refractivity contribution in [1.82, 2.24) is 0 Å². The monoisotopic (exact) mass is 282 g/mol. The van der Waals surface area contributed by atoms with Crippen molar-refractivity contribution in [3.63, 3.8) is 0 Å². The van der Waals surface area contributed by atoms with Gasteiger partial charge in [0.15, 0.2) is 0 Å². The Morgan fingerprint density at radius 3 is 2.25 bits per heavy atom. The second-order valence-electron chi connectivity index (χ2n) is 6.47. The molecule has 1 fully saturated rings. The van der Waals surface area contributed by atoms with Gasteiger partial charge >= 0.3 is 5.97 Å². The van der Waals surface area contributed by atoms with E-state index in [0.717, 1.165) is 31.1 Å². The summed E-state index contributed by atoms with van der Waals surface area (Å²) in [4.78, 5) is 11.9. The summed E-state index contributed by atoms with van der Waals surface area (Å²) >= 11 is 0. The highest BCUT2D eigenvalue weighted by Crippen LogP contribution is 2.28. The molecule has 0 spiro atoms. The number of hydrogen-bond acceptors (Lipinski definition) is 2. The molecule has 20 heavy (non-hydrogen) atoms. The van der Waals surface area contributed by atoms with Crippen molar-refractivity contribution in [3.8, 4) is 0 Å². The van der Waals surface area contributed by atoms with Gasteiger partial charge in [-0.15, -0.1) is 0 Å². The Bertz CT molecular complexity index is 252. The maximum absolute atomic E-state index is 11.9. The maximum atomic E-state index is 11.9. The lowest BCUT2D eigenvalue weighted by Crippen LogP contribution is -2.19. The van der Waals surface area contributed by atoms with Gasteiger partial charge in [0.1, 0.15) is 6.10 Å². The minimum absolute atomic E-state index is 0.0355. The number of carbonyl (C=O) groups is 1. The summed E-state index contributed by atoms with van der Waals surface area (Å²) in [5.74, 6) is 1.61. The van der Waals surface area contributed by atoms with E-state index in [-0.39, 0.29) is 12.1 Å². The van der Waals surface area contributed by atoms with Crippen LogP contribution >= 0.6 is 0 Å². The van der Waals surface area contributed by atoms with Crippen LogP contribution < -0.4 is 0 Å². The molecule has 0 aromatic carbocycles. The highest BCUT2D eigenvalue weighted by atomic mass is 16.5. The summed E-state index contributed by atoms with van der Waals surface area (Å²) in [7, 11) is 0. The molecule has 118 valence electrons. The Morgan fingerprint density at radius 1 is 1.05 bits per heavy atom. The lowest BCUT2D eigenvalue weighted by atomic mass is 9.95. The molecule has 0 aromatic rings. The van der Waals surface area contributed by atoms with Gasteiger partial charge in [-0.2, -0.15) is 0 Å². The molecular weight excluding hydrogens is 248 g/mol. The summed E-state index contributed by atoms with van der Waals surface area (Å²) in [5.41, 5.74) is 0. The minimum Gasteiger partial charge on any atom is -0.462 e. The molecule has 0 N–H and O–H groups in total. The predicted octanol–water partition coefficient (Wildman–Crippen LogP) is 5.50. The zero-order valence-electron chi connectivity index (χ0n) is 13.8. The molecule has 1 aliphatic carbocycles. The number of carbonyl (C=O) groups excluding carboxylic acids is 1. The van der Waals surface area contributed by atoms with Crippen molar-refractivity contribution in [1.29, 1.82) is 0 Å². The average Bonchev–Trinajstić information content (AvgIpc) is 2.98. The van der Waals surface area contributed by atoms with Crippen LogP contribution in [0, 0.1) is 11.8 Å². The van der Waals surface area contributed by atoms with Crippen molar-refractivity contribution < 1.29 is 9.53 Å². The first-order chi connectivity index (χ1) is 9.69. The fourth-order valence-corrected chi connectivity index (χ4v) is 3.33. The van der Waals surface area contributed by atoms with Gasteiger partial charge in [0, 0.05) is 6.42 Å². The highest BCUT2D eigenvalue weighted by molar-refractivity contribution is 5.69. The lowest BCUT2D eigenvalue weighted by molar-refractivity contribution is -0.150. The van der Waals surface area contributed by atoms with Crippen molar-refractivity contribution in [3.05, 3.63) is 0 Å². The Balaban J connectivity index is 2.18. The standard InChI is InChI=1S/C18H34O2/c1-4-15(5-2)11-13-17(6-3)20-18(19)14-12-16-9-7-8-10-16/h15-17H,4-14H2,1-3H3. The third kappa shape index (κ3) is 6.76. The molecule has 0 aromatic heterocycles. The van der Waals surface area contributed by atoms with E-state index in [1.165, 1.54) is 44.9 Å². The topological polar surface area (TPSA) is 26.3 Å². The van der Waals surface area contributed by atoms with Crippen LogP contribution in [0.3, 0.4) is 0 Å². The van der Waals surface area contributed by atoms with E-state index in [1.54, 1.807) is 0 Å². The van der Waals surface area contributed by atoms with Gasteiger partial charge in [0.2, 0.25) is 0 Å². The fraction of sp³-hybridized carbons (Fsp3) is 0.944. The third-order valence-electron chi connectivity index (χ3n) is 5.04. The molecule has 0 amide bonds. The van der Waals surface area contributed by atoms with Gasteiger partial charge in [-0.05, 0) is 37.5 Å². The van der Waals surface area contributed by atoms with Crippen LogP contribution in [0.15, 0.2) is 0 Å². The van der Waals surface area contributed by atoms with Crippen LogP contribution in [0.25, 0.3) is 0 Å². The van der Waals surface area contributed by atoms with Gasteiger partial charge in [-0.25, -0.2) is 0 Å². The number of hydrogen-bond donors (Lipinski definition) is 0. The molecule has 0 bridgehead atoms. The van der Waals surface area contributed by atoms with E-state index < -0.39 is 0 Å². The Kier molecular flexibility index (Phi) is 8.97. The average molecular weight is 282 g/mol. The third-order valence-corrected chi connectivity index (χ3v) is 5.04. The quantitative estimate of drug-likeness (QED) is 0.495. The van der Waals surface area contributed by atoms with Crippen LogP contribution in [0.4, 0.5) is 0 Å². The van der Waals surface area contributed by atoms with Gasteiger partial charge in [-0.3, -0.25) is 4.79 Å². The zero-order chi connectivity index (χ0) is 14.8. The summed E-state index contributed by atoms with van der Waals surface area (Å²) in [6.45, 7) is 6.63. The first-order valence-corrected chi connectivity index (χ1v) is 8.88. The second kappa shape index (κ2) is 10.2. The van der Waals surface area contributed by atoms with Gasteiger partial charge < -0.3 is 4.74 Å². The van der Waals surface area contributed by atoms with Gasteiger partial charge in [0.05, 0.1) is 0 Å². The highest BCUT2D eigenvalue weighted by Gasteiger charge is 2.19. The Morgan fingerprint density at radius 2 is 1.70 bits per heavy atom. The zero-order valence-corrected chi connectivity index (χ0v) is 13.8. The Hall–Kier alpha value is -0.530. The second-order valence-corrected chi connectivity index (χ2v) is 6.47. The van der Waals surface area contributed by atoms with Crippen LogP contribution in [0.1, 0.15) is 91.4 Å². The molecular formula is C18H34O2. The van der Waals surface area contributed by atoms with E-state index in [2.05, 4.69) is 20.8 Å². The minimum atomic E-state index is 0.0355. The Labute approximate surface area is 125 Å². The van der Waals surface area contributed by atoms with Crippen molar-refractivity contribution in [2.45, 2.75) is 97.5 Å². The molecule has 1 saturated carbocycles. The van der Waals surface area contributed by atoms with Crippen LogP contribution in [-0.2, 0) is 9.53 Å². The first kappa shape index (κ1) is 17.5. The molecule has 1 rings (SSSR count). The fourth-order valence-electron chi connectivity index (χ4n) is 3.33. The van der Waals surface area contributed by atoms with E-state index in [1.807, 2.05) is 0 Å². The first-order valence-electron chi connectivity index (χ1n) is 8.88. The maximum Gasteiger partial charge on any atom is 0.306 e. The molecule has 1 aliphatic rings. The molecule has 0 radical (unpaired) electrons. The van der Waals surface area contributed by atoms with E-state index in [9.17, 15) is 4.79 Å². The molecule has 2 heteroatoms. The summed E-state index contributed by atoms with van der Waals surface area (Å²) in [6.07, 6.45) is 12.8. The van der Waals surface area contributed by atoms with Crippen molar-refractivity contribution >= 4 is 5.97 Å². The van der Waals surface area contributed by atoms with Crippen LogP contribution in [-0.4, -0.2) is 12.1 Å². The van der Waals surface area contributed by atoms with E-state index in [4.69, 9.17) is 4.74 Å². The molecule has 0 aliphatic heterocycles.